The lowest BCUT2D eigenvalue weighted by Crippen LogP contribution is -2.37. The summed E-state index contributed by atoms with van der Waals surface area (Å²) < 4.78 is 28.0. The average Bonchev–Trinajstić information content (AvgIpc) is 2.45. The molecule has 0 aliphatic rings. The van der Waals surface area contributed by atoms with Crippen molar-refractivity contribution in [3.63, 3.8) is 0 Å². The van der Waals surface area contributed by atoms with Crippen molar-refractivity contribution in [3.05, 3.63) is 4.60 Å². The molecule has 0 saturated carbocycles. The van der Waals surface area contributed by atoms with Gasteiger partial charge in [-0.1, -0.05) is 19.1 Å². The van der Waals surface area contributed by atoms with E-state index in [9.17, 15) is 8.42 Å². The minimum atomic E-state index is -3.58. The van der Waals surface area contributed by atoms with Crippen LogP contribution in [-0.4, -0.2) is 29.5 Å². The van der Waals surface area contributed by atoms with Crippen molar-refractivity contribution >= 4 is 26.0 Å². The standard InChI is InChI=1S/C8H15BrN4O2S/c1-5(2)6(3)11-16(14,15)8-7(9)10-12-13(8)4/h5-6,11H,1-4H3. The maximum atomic E-state index is 12.0. The number of hydrogen-bond acceptors (Lipinski definition) is 4. The van der Waals surface area contributed by atoms with Gasteiger partial charge in [0.1, 0.15) is 0 Å². The molecule has 1 aromatic rings. The molecule has 0 radical (unpaired) electrons. The zero-order valence-corrected chi connectivity index (χ0v) is 12.0. The molecule has 0 bridgehead atoms. The lowest BCUT2D eigenvalue weighted by Gasteiger charge is -2.17. The molecule has 0 saturated heterocycles. The number of aryl methyl sites for hydroxylation is 1. The van der Waals surface area contributed by atoms with E-state index in [0.717, 1.165) is 0 Å². The second kappa shape index (κ2) is 4.80. The maximum absolute atomic E-state index is 12.0. The first-order valence-corrected chi connectivity index (χ1v) is 7.11. The van der Waals surface area contributed by atoms with E-state index in [1.165, 1.54) is 11.7 Å². The summed E-state index contributed by atoms with van der Waals surface area (Å²) in [5.74, 6) is 0.217. The van der Waals surface area contributed by atoms with Gasteiger partial charge >= 0.3 is 0 Å². The van der Waals surface area contributed by atoms with E-state index in [1.54, 1.807) is 0 Å². The predicted molar refractivity (Wildman–Crippen MR) is 63.3 cm³/mol. The molecule has 0 aliphatic heterocycles. The van der Waals surface area contributed by atoms with Crippen molar-refractivity contribution in [3.8, 4) is 0 Å². The molecule has 0 fully saturated rings. The number of halogens is 1. The van der Waals surface area contributed by atoms with Gasteiger partial charge in [-0.25, -0.2) is 17.8 Å². The molecule has 1 aromatic heterocycles. The molecule has 1 heterocycles. The molecule has 1 rings (SSSR count). The summed E-state index contributed by atoms with van der Waals surface area (Å²) in [6, 6.07) is -0.146. The molecule has 0 amide bonds. The van der Waals surface area contributed by atoms with Crippen LogP contribution >= 0.6 is 15.9 Å². The summed E-state index contributed by atoms with van der Waals surface area (Å²) >= 11 is 3.07. The van der Waals surface area contributed by atoms with E-state index in [0.29, 0.717) is 0 Å². The molecule has 0 aromatic carbocycles. The van der Waals surface area contributed by atoms with Crippen molar-refractivity contribution in [1.82, 2.24) is 19.7 Å². The Morgan fingerprint density at radius 1 is 1.38 bits per heavy atom. The summed E-state index contributed by atoms with van der Waals surface area (Å²) in [5.41, 5.74) is 0. The fraction of sp³-hybridized carbons (Fsp3) is 0.750. The van der Waals surface area contributed by atoms with Crippen molar-refractivity contribution in [2.45, 2.75) is 31.8 Å². The van der Waals surface area contributed by atoms with Crippen LogP contribution in [0.25, 0.3) is 0 Å². The molecule has 8 heteroatoms. The van der Waals surface area contributed by atoms with Crippen molar-refractivity contribution in [1.29, 1.82) is 0 Å². The number of sulfonamides is 1. The van der Waals surface area contributed by atoms with Gasteiger partial charge < -0.3 is 0 Å². The summed E-state index contributed by atoms with van der Waals surface area (Å²) in [5, 5.41) is 7.32. The third-order valence-electron chi connectivity index (χ3n) is 2.33. The Balaban J connectivity index is 3.04. The second-order valence-corrected chi connectivity index (χ2v) is 6.34. The molecule has 1 unspecified atom stereocenters. The van der Waals surface area contributed by atoms with Crippen LogP contribution in [0.5, 0.6) is 0 Å². The molecule has 1 atom stereocenters. The average molecular weight is 311 g/mol. The van der Waals surface area contributed by atoms with E-state index >= 15 is 0 Å². The highest BCUT2D eigenvalue weighted by atomic mass is 79.9. The van der Waals surface area contributed by atoms with Gasteiger partial charge in [-0.3, -0.25) is 0 Å². The largest absolute Gasteiger partial charge is 0.260 e. The van der Waals surface area contributed by atoms with E-state index < -0.39 is 10.0 Å². The van der Waals surface area contributed by atoms with Crippen LogP contribution in [0.2, 0.25) is 0 Å². The molecule has 92 valence electrons. The Morgan fingerprint density at radius 3 is 2.31 bits per heavy atom. The first kappa shape index (κ1) is 13.6. The first-order valence-electron chi connectivity index (χ1n) is 4.83. The van der Waals surface area contributed by atoms with Crippen LogP contribution in [-0.2, 0) is 17.1 Å². The topological polar surface area (TPSA) is 76.9 Å². The minimum Gasteiger partial charge on any atom is -0.235 e. The van der Waals surface area contributed by atoms with Crippen LogP contribution in [0.4, 0.5) is 0 Å². The third kappa shape index (κ3) is 2.80. The summed E-state index contributed by atoms with van der Waals surface area (Å²) in [7, 11) is -2.05. The lowest BCUT2D eigenvalue weighted by molar-refractivity contribution is 0.472. The van der Waals surface area contributed by atoms with Crippen LogP contribution in [0, 0.1) is 5.92 Å². The van der Waals surface area contributed by atoms with Crippen LogP contribution in [0.3, 0.4) is 0 Å². The SMILES string of the molecule is CC(C)C(C)NS(=O)(=O)c1c(Br)nnn1C. The zero-order valence-electron chi connectivity index (χ0n) is 9.60. The Bertz CT molecular complexity index is 449. The van der Waals surface area contributed by atoms with Crippen LogP contribution in [0.1, 0.15) is 20.8 Å². The molecule has 16 heavy (non-hydrogen) atoms. The molecule has 0 spiro atoms. The molecule has 0 aliphatic carbocycles. The predicted octanol–water partition coefficient (Wildman–Crippen LogP) is 0.900. The fourth-order valence-electron chi connectivity index (χ4n) is 1.04. The van der Waals surface area contributed by atoms with E-state index in [2.05, 4.69) is 31.0 Å². The number of hydrogen-bond donors (Lipinski definition) is 1. The normalized spacial score (nSPS) is 14.4. The molecule has 6 nitrogen and oxygen atoms in total. The summed E-state index contributed by atoms with van der Waals surface area (Å²) in [6.45, 7) is 5.72. The number of aromatic nitrogens is 3. The Morgan fingerprint density at radius 2 is 1.94 bits per heavy atom. The Kier molecular flexibility index (Phi) is 4.08. The highest BCUT2D eigenvalue weighted by Crippen LogP contribution is 2.18. The quantitative estimate of drug-likeness (QED) is 0.896. The summed E-state index contributed by atoms with van der Waals surface area (Å²) in [6.07, 6.45) is 0. The molecular weight excluding hydrogens is 296 g/mol. The Labute approximate surface area is 104 Å². The maximum Gasteiger partial charge on any atom is 0.260 e. The minimum absolute atomic E-state index is 0.0417. The van der Waals surface area contributed by atoms with E-state index in [1.807, 2.05) is 20.8 Å². The van der Waals surface area contributed by atoms with Gasteiger partial charge in [-0.2, -0.15) is 0 Å². The van der Waals surface area contributed by atoms with Gasteiger partial charge in [-0.05, 0) is 28.8 Å². The number of nitrogens with zero attached hydrogens (tertiary/aromatic N) is 3. The van der Waals surface area contributed by atoms with Gasteiger partial charge in [0.2, 0.25) is 5.03 Å². The monoisotopic (exact) mass is 310 g/mol. The van der Waals surface area contributed by atoms with E-state index in [4.69, 9.17) is 0 Å². The lowest BCUT2D eigenvalue weighted by atomic mass is 10.1. The number of rotatable bonds is 4. The molecular formula is C8H15BrN4O2S. The van der Waals surface area contributed by atoms with Crippen LogP contribution < -0.4 is 4.72 Å². The highest BCUT2D eigenvalue weighted by Gasteiger charge is 2.26. The fourth-order valence-corrected chi connectivity index (χ4v) is 3.53. The van der Waals surface area contributed by atoms with Gasteiger partial charge in [0.25, 0.3) is 10.0 Å². The molecule has 1 N–H and O–H groups in total. The van der Waals surface area contributed by atoms with Gasteiger partial charge in [-0.15, -0.1) is 5.10 Å². The Hall–Kier alpha value is -0.470. The van der Waals surface area contributed by atoms with Crippen molar-refractivity contribution < 1.29 is 8.42 Å². The van der Waals surface area contributed by atoms with Gasteiger partial charge in [0.05, 0.1) is 0 Å². The zero-order chi connectivity index (χ0) is 12.5. The number of nitrogens with one attached hydrogen (secondary N) is 1. The van der Waals surface area contributed by atoms with Crippen molar-refractivity contribution in [2.24, 2.45) is 13.0 Å². The highest BCUT2D eigenvalue weighted by molar-refractivity contribution is 9.10. The van der Waals surface area contributed by atoms with Crippen molar-refractivity contribution in [2.75, 3.05) is 0 Å². The van der Waals surface area contributed by atoms with Crippen LogP contribution in [0.15, 0.2) is 9.63 Å². The summed E-state index contributed by atoms with van der Waals surface area (Å²) in [4.78, 5) is 0. The van der Waals surface area contributed by atoms with E-state index in [-0.39, 0.29) is 21.6 Å². The smallest absolute Gasteiger partial charge is 0.235 e. The van der Waals surface area contributed by atoms with Gasteiger partial charge in [0, 0.05) is 13.1 Å². The third-order valence-corrected chi connectivity index (χ3v) is 4.78. The first-order chi connectivity index (χ1) is 7.25. The van der Waals surface area contributed by atoms with Gasteiger partial charge in [0.15, 0.2) is 4.60 Å². The second-order valence-electron chi connectivity index (χ2n) is 3.96.